The third-order valence-corrected chi connectivity index (χ3v) is 8.66. The number of nitrogens with one attached hydrogen (secondary N) is 1. The molecule has 3 rings (SSSR count). The summed E-state index contributed by atoms with van der Waals surface area (Å²) >= 11 is 5.97. The molecule has 3 atom stereocenters. The molecule has 3 unspecified atom stereocenters. The van der Waals surface area contributed by atoms with Crippen molar-refractivity contribution in [3.05, 3.63) is 29.3 Å². The second-order valence-corrected chi connectivity index (χ2v) is 11.0. The zero-order valence-corrected chi connectivity index (χ0v) is 18.9. The Bertz CT molecular complexity index is 807. The normalized spacial score (nSPS) is 26.3. The molecule has 1 aromatic rings. The van der Waals surface area contributed by atoms with E-state index in [0.717, 1.165) is 6.54 Å². The lowest BCUT2D eigenvalue weighted by molar-refractivity contribution is 0.104. The molecule has 162 valence electrons. The summed E-state index contributed by atoms with van der Waals surface area (Å²) < 4.78 is 26.0. The lowest BCUT2D eigenvalue weighted by Crippen LogP contribution is -2.51. The van der Waals surface area contributed by atoms with E-state index in [1.54, 1.807) is 23.1 Å². The van der Waals surface area contributed by atoms with E-state index in [1.165, 1.54) is 25.3 Å². The van der Waals surface area contributed by atoms with Crippen LogP contribution < -0.4 is 5.32 Å². The highest BCUT2D eigenvalue weighted by molar-refractivity contribution is 7.92. The zero-order chi connectivity index (χ0) is 21.0. The minimum absolute atomic E-state index is 0.173. The summed E-state index contributed by atoms with van der Waals surface area (Å²) in [6.45, 7) is 6.70. The Hall–Kier alpha value is -1.31. The molecule has 2 aliphatic rings. The highest BCUT2D eigenvalue weighted by Crippen LogP contribution is 2.26. The number of nitrogens with zero attached hydrogens (tertiary/aromatic N) is 2. The Balaban J connectivity index is 1.55. The molecule has 8 heteroatoms. The predicted octanol–water partition coefficient (Wildman–Crippen LogP) is 3.55. The van der Waals surface area contributed by atoms with E-state index < -0.39 is 15.1 Å². The molecule has 1 aromatic carbocycles. The van der Waals surface area contributed by atoms with Crippen LogP contribution in [0.5, 0.6) is 0 Å². The van der Waals surface area contributed by atoms with Crippen molar-refractivity contribution in [2.45, 2.75) is 68.2 Å². The van der Waals surface area contributed by atoms with Crippen LogP contribution >= 0.6 is 11.6 Å². The van der Waals surface area contributed by atoms with Crippen molar-refractivity contribution in [2.24, 2.45) is 0 Å². The van der Waals surface area contributed by atoms with E-state index in [1.807, 2.05) is 0 Å². The molecular weight excluding hydrogens is 410 g/mol. The molecule has 0 bridgehead atoms. The summed E-state index contributed by atoms with van der Waals surface area (Å²) in [5, 5.41) is 2.80. The standard InChI is InChI=1S/C21H32ClN3O3S/c1-16-6-3-7-17(2)25(16)13-11-23-21(26)24-12-5-10-20(15-24)29(27,28)19-9-4-8-18(22)14-19/h4,8-9,14,16-17,20H,3,5-7,10-13,15H2,1-2H3,(H,23,26). The van der Waals surface area contributed by atoms with Crippen LogP contribution in [0.3, 0.4) is 0 Å². The number of carbonyl (C=O) groups excluding carboxylic acids is 1. The molecule has 0 saturated carbocycles. The lowest BCUT2D eigenvalue weighted by Gasteiger charge is -2.39. The van der Waals surface area contributed by atoms with Crippen LogP contribution in [-0.2, 0) is 9.84 Å². The quantitative estimate of drug-likeness (QED) is 0.758. The molecular formula is C21H32ClN3O3S. The summed E-state index contributed by atoms with van der Waals surface area (Å²) in [5.74, 6) is 0. The maximum absolute atomic E-state index is 13.0. The summed E-state index contributed by atoms with van der Waals surface area (Å²) in [6.07, 6.45) is 4.90. The van der Waals surface area contributed by atoms with Gasteiger partial charge in [-0.1, -0.05) is 24.1 Å². The summed E-state index contributed by atoms with van der Waals surface area (Å²) in [4.78, 5) is 17.0. The van der Waals surface area contributed by atoms with Crippen molar-refractivity contribution in [1.29, 1.82) is 0 Å². The van der Waals surface area contributed by atoms with Crippen molar-refractivity contribution < 1.29 is 13.2 Å². The molecule has 0 aliphatic carbocycles. The van der Waals surface area contributed by atoms with Gasteiger partial charge in [-0.15, -0.1) is 0 Å². The van der Waals surface area contributed by atoms with Gasteiger partial charge in [-0.05, 0) is 57.7 Å². The van der Waals surface area contributed by atoms with Crippen LogP contribution in [0.15, 0.2) is 29.2 Å². The number of benzene rings is 1. The van der Waals surface area contributed by atoms with Crippen molar-refractivity contribution >= 4 is 27.5 Å². The Morgan fingerprint density at radius 3 is 2.59 bits per heavy atom. The molecule has 1 N–H and O–H groups in total. The number of hydrogen-bond acceptors (Lipinski definition) is 4. The van der Waals surface area contributed by atoms with Crippen molar-refractivity contribution in [2.75, 3.05) is 26.2 Å². The maximum atomic E-state index is 13.0. The molecule has 2 saturated heterocycles. The van der Waals surface area contributed by atoms with Gasteiger partial charge in [-0.2, -0.15) is 0 Å². The Morgan fingerprint density at radius 2 is 1.90 bits per heavy atom. The topological polar surface area (TPSA) is 69.7 Å². The fraction of sp³-hybridized carbons (Fsp3) is 0.667. The Kier molecular flexibility index (Phi) is 7.46. The number of urea groups is 1. The molecule has 0 radical (unpaired) electrons. The number of rotatable bonds is 5. The third kappa shape index (κ3) is 5.44. The number of halogens is 1. The van der Waals surface area contributed by atoms with Gasteiger partial charge in [0.15, 0.2) is 9.84 Å². The molecule has 0 aromatic heterocycles. The highest BCUT2D eigenvalue weighted by atomic mass is 35.5. The van der Waals surface area contributed by atoms with E-state index in [9.17, 15) is 13.2 Å². The monoisotopic (exact) mass is 441 g/mol. The minimum atomic E-state index is -3.52. The largest absolute Gasteiger partial charge is 0.337 e. The first kappa shape index (κ1) is 22.4. The van der Waals surface area contributed by atoms with Crippen LogP contribution in [-0.4, -0.2) is 67.8 Å². The smallest absolute Gasteiger partial charge is 0.317 e. The van der Waals surface area contributed by atoms with E-state index in [-0.39, 0.29) is 17.5 Å². The molecule has 0 spiro atoms. The predicted molar refractivity (Wildman–Crippen MR) is 116 cm³/mol. The third-order valence-electron chi connectivity index (χ3n) is 6.25. The zero-order valence-electron chi connectivity index (χ0n) is 17.3. The summed E-state index contributed by atoms with van der Waals surface area (Å²) in [5.41, 5.74) is 0. The Morgan fingerprint density at radius 1 is 1.17 bits per heavy atom. The average molecular weight is 442 g/mol. The fourth-order valence-corrected chi connectivity index (χ4v) is 6.58. The summed E-state index contributed by atoms with van der Waals surface area (Å²) in [6, 6.07) is 7.26. The second-order valence-electron chi connectivity index (χ2n) is 8.31. The van der Waals surface area contributed by atoms with Gasteiger partial charge in [0.05, 0.1) is 10.1 Å². The molecule has 2 fully saturated rings. The number of hydrogen-bond donors (Lipinski definition) is 1. The van der Waals surface area contributed by atoms with Crippen molar-refractivity contribution in [3.63, 3.8) is 0 Å². The molecule has 2 amide bonds. The number of carbonyl (C=O) groups is 1. The summed E-state index contributed by atoms with van der Waals surface area (Å²) in [7, 11) is -3.52. The van der Waals surface area contributed by atoms with Crippen LogP contribution in [0, 0.1) is 0 Å². The van der Waals surface area contributed by atoms with Gasteiger partial charge in [0.25, 0.3) is 0 Å². The first-order chi connectivity index (χ1) is 13.8. The highest BCUT2D eigenvalue weighted by Gasteiger charge is 2.34. The number of amides is 2. The van der Waals surface area contributed by atoms with E-state index >= 15 is 0 Å². The van der Waals surface area contributed by atoms with E-state index in [4.69, 9.17) is 11.6 Å². The number of piperidine rings is 2. The van der Waals surface area contributed by atoms with Crippen LogP contribution in [0.4, 0.5) is 4.79 Å². The van der Waals surface area contributed by atoms with Crippen LogP contribution in [0.1, 0.15) is 46.0 Å². The SMILES string of the molecule is CC1CCCC(C)N1CCNC(=O)N1CCCC(S(=O)(=O)c2cccc(Cl)c2)C1. The maximum Gasteiger partial charge on any atom is 0.317 e. The first-order valence-electron chi connectivity index (χ1n) is 10.6. The minimum Gasteiger partial charge on any atom is -0.337 e. The van der Waals surface area contributed by atoms with Crippen LogP contribution in [0.2, 0.25) is 5.02 Å². The van der Waals surface area contributed by atoms with Crippen molar-refractivity contribution in [1.82, 2.24) is 15.1 Å². The van der Waals surface area contributed by atoms with E-state index in [2.05, 4.69) is 24.1 Å². The van der Waals surface area contributed by atoms with Gasteiger partial charge in [-0.25, -0.2) is 13.2 Å². The average Bonchev–Trinajstić information content (AvgIpc) is 2.70. The molecule has 2 aliphatic heterocycles. The van der Waals surface area contributed by atoms with E-state index in [0.29, 0.717) is 43.0 Å². The molecule has 2 heterocycles. The fourth-order valence-electron chi connectivity index (χ4n) is 4.53. The van der Waals surface area contributed by atoms with Gasteiger partial charge in [0.1, 0.15) is 0 Å². The van der Waals surface area contributed by atoms with Gasteiger partial charge in [0, 0.05) is 43.3 Å². The van der Waals surface area contributed by atoms with Gasteiger partial charge in [-0.3, -0.25) is 4.90 Å². The van der Waals surface area contributed by atoms with Gasteiger partial charge in [0.2, 0.25) is 0 Å². The Labute approximate surface area is 179 Å². The molecule has 6 nitrogen and oxygen atoms in total. The number of likely N-dealkylation sites (tertiary alicyclic amines) is 2. The first-order valence-corrected chi connectivity index (χ1v) is 12.5. The number of sulfone groups is 1. The second kappa shape index (κ2) is 9.67. The van der Waals surface area contributed by atoms with Gasteiger partial charge >= 0.3 is 6.03 Å². The lowest BCUT2D eigenvalue weighted by atomic mass is 9.98. The van der Waals surface area contributed by atoms with Gasteiger partial charge < -0.3 is 10.2 Å². The molecule has 29 heavy (non-hydrogen) atoms. The van der Waals surface area contributed by atoms with Crippen LogP contribution in [0.25, 0.3) is 0 Å². The van der Waals surface area contributed by atoms with Crippen molar-refractivity contribution in [3.8, 4) is 0 Å².